The zero-order valence-electron chi connectivity index (χ0n) is 17.7. The minimum Gasteiger partial charge on any atom is -0.493 e. The molecule has 0 atom stereocenters. The van der Waals surface area contributed by atoms with Gasteiger partial charge in [0.25, 0.3) is 11.6 Å². The third-order valence-corrected chi connectivity index (χ3v) is 6.68. The number of thiocarbonyl (C=S) groups is 1. The molecule has 3 rings (SSSR count). The van der Waals surface area contributed by atoms with Crippen molar-refractivity contribution in [2.24, 2.45) is 5.92 Å². The lowest BCUT2D eigenvalue weighted by Crippen LogP contribution is -2.31. The lowest BCUT2D eigenvalue weighted by molar-refractivity contribution is -0.384. The van der Waals surface area contributed by atoms with E-state index in [2.05, 4.69) is 22.6 Å². The molecule has 0 aliphatic carbocycles. The van der Waals surface area contributed by atoms with Crippen LogP contribution < -0.4 is 9.47 Å². The number of hydrogen-bond donors (Lipinski definition) is 0. The highest BCUT2D eigenvalue weighted by atomic mass is 127. The molecule has 1 aliphatic rings. The van der Waals surface area contributed by atoms with E-state index in [0.717, 1.165) is 14.7 Å². The zero-order chi connectivity index (χ0) is 23.4. The molecule has 0 unspecified atom stereocenters. The normalized spacial score (nSPS) is 15.0. The van der Waals surface area contributed by atoms with Crippen LogP contribution in [-0.4, -0.2) is 33.7 Å². The summed E-state index contributed by atoms with van der Waals surface area (Å²) in [5, 5.41) is 10.8. The summed E-state index contributed by atoms with van der Waals surface area (Å²) >= 11 is 8.83. The van der Waals surface area contributed by atoms with Crippen molar-refractivity contribution in [2.45, 2.75) is 20.5 Å². The molecule has 0 spiro atoms. The van der Waals surface area contributed by atoms with Gasteiger partial charge in [0, 0.05) is 18.7 Å². The Morgan fingerprint density at radius 3 is 2.56 bits per heavy atom. The summed E-state index contributed by atoms with van der Waals surface area (Å²) in [6.07, 6.45) is 1.81. The van der Waals surface area contributed by atoms with Crippen LogP contribution in [0.4, 0.5) is 5.69 Å². The van der Waals surface area contributed by atoms with Crippen LogP contribution in [0.2, 0.25) is 0 Å². The number of thioether (sulfide) groups is 1. The first-order valence-electron chi connectivity index (χ1n) is 9.68. The fourth-order valence-corrected chi connectivity index (χ4v) is 5.06. The molecule has 0 radical (unpaired) electrons. The van der Waals surface area contributed by atoms with E-state index in [4.69, 9.17) is 21.7 Å². The number of ether oxygens (including phenoxy) is 2. The number of hydrogen-bond acceptors (Lipinski definition) is 7. The van der Waals surface area contributed by atoms with Crippen molar-refractivity contribution in [3.8, 4) is 11.5 Å². The fraction of sp³-hybridized carbons (Fsp3) is 0.273. The Morgan fingerprint density at radius 1 is 1.28 bits per heavy atom. The highest BCUT2D eigenvalue weighted by Gasteiger charge is 2.32. The summed E-state index contributed by atoms with van der Waals surface area (Å²) in [5.41, 5.74) is 1.63. The number of halogens is 1. The molecule has 10 heteroatoms. The summed E-state index contributed by atoms with van der Waals surface area (Å²) < 4.78 is 12.8. The summed E-state index contributed by atoms with van der Waals surface area (Å²) in [6.45, 7) is 4.92. The first kappa shape index (κ1) is 24.5. The Bertz CT molecular complexity index is 1090. The number of non-ortho nitro benzene ring substituents is 1. The molecular weight excluding hydrogens is 563 g/mol. The Kier molecular flexibility index (Phi) is 8.12. The van der Waals surface area contributed by atoms with Crippen LogP contribution in [0.25, 0.3) is 6.08 Å². The molecule has 7 nitrogen and oxygen atoms in total. The average molecular weight is 584 g/mol. The van der Waals surface area contributed by atoms with Gasteiger partial charge in [-0.25, -0.2) is 0 Å². The predicted octanol–water partition coefficient (Wildman–Crippen LogP) is 5.64. The van der Waals surface area contributed by atoms with Crippen LogP contribution in [0.15, 0.2) is 41.3 Å². The molecule has 1 amide bonds. The number of carbonyl (C=O) groups is 1. The van der Waals surface area contributed by atoms with E-state index in [0.29, 0.717) is 33.2 Å². The van der Waals surface area contributed by atoms with Gasteiger partial charge >= 0.3 is 0 Å². The van der Waals surface area contributed by atoms with Crippen molar-refractivity contribution in [2.75, 3.05) is 13.7 Å². The van der Waals surface area contributed by atoms with E-state index in [-0.39, 0.29) is 18.2 Å². The van der Waals surface area contributed by atoms with Gasteiger partial charge in [0.05, 0.1) is 20.5 Å². The largest absolute Gasteiger partial charge is 0.493 e. The van der Waals surface area contributed by atoms with Gasteiger partial charge in [0.15, 0.2) is 11.5 Å². The van der Waals surface area contributed by atoms with Crippen molar-refractivity contribution in [3.63, 3.8) is 0 Å². The van der Waals surface area contributed by atoms with E-state index >= 15 is 0 Å². The highest BCUT2D eigenvalue weighted by molar-refractivity contribution is 14.1. The number of nitrogens with zero attached hydrogens (tertiary/aromatic N) is 2. The molecule has 0 bridgehead atoms. The standard InChI is InChI=1S/C22H21IN2O5S2/c1-13(2)11-24-21(26)19(32-22(24)31)10-15-8-17(23)20(18(9-15)29-3)30-12-14-4-6-16(7-5-14)25(27)28/h4-10,13H,11-12H2,1-3H3/b19-10-. The van der Waals surface area contributed by atoms with Gasteiger partial charge in [-0.15, -0.1) is 0 Å². The maximum Gasteiger partial charge on any atom is 0.269 e. The molecule has 0 saturated carbocycles. The molecule has 2 aromatic carbocycles. The minimum atomic E-state index is -0.439. The second-order valence-electron chi connectivity index (χ2n) is 7.43. The van der Waals surface area contributed by atoms with Gasteiger partial charge in [-0.2, -0.15) is 0 Å². The van der Waals surface area contributed by atoms with Gasteiger partial charge in [-0.3, -0.25) is 19.8 Å². The minimum absolute atomic E-state index is 0.0315. The Labute approximate surface area is 209 Å². The van der Waals surface area contributed by atoms with Crippen molar-refractivity contribution in [1.29, 1.82) is 0 Å². The van der Waals surface area contributed by atoms with Crippen LogP contribution in [0.1, 0.15) is 25.0 Å². The van der Waals surface area contributed by atoms with E-state index in [1.54, 1.807) is 24.1 Å². The van der Waals surface area contributed by atoms with Crippen LogP contribution >= 0.6 is 46.6 Å². The Hall–Kier alpha value is -2.18. The molecule has 168 valence electrons. The first-order valence-corrected chi connectivity index (χ1v) is 12.0. The van der Waals surface area contributed by atoms with E-state index in [1.807, 2.05) is 32.1 Å². The topological polar surface area (TPSA) is 81.9 Å². The Balaban J connectivity index is 1.79. The zero-order valence-corrected chi connectivity index (χ0v) is 21.5. The number of rotatable bonds is 8. The highest BCUT2D eigenvalue weighted by Crippen LogP contribution is 2.38. The first-order chi connectivity index (χ1) is 15.2. The molecule has 0 aromatic heterocycles. The van der Waals surface area contributed by atoms with E-state index < -0.39 is 4.92 Å². The van der Waals surface area contributed by atoms with Gasteiger partial charge < -0.3 is 9.47 Å². The predicted molar refractivity (Wildman–Crippen MR) is 138 cm³/mol. The van der Waals surface area contributed by atoms with Crippen LogP contribution in [0.5, 0.6) is 11.5 Å². The third-order valence-electron chi connectivity index (χ3n) is 4.50. The fourth-order valence-electron chi connectivity index (χ4n) is 3.01. The van der Waals surface area contributed by atoms with Gasteiger partial charge in [-0.05, 0) is 70.0 Å². The van der Waals surface area contributed by atoms with Crippen LogP contribution in [0.3, 0.4) is 0 Å². The number of nitro groups is 1. The number of amides is 1. The lowest BCUT2D eigenvalue weighted by Gasteiger charge is -2.16. The van der Waals surface area contributed by atoms with Gasteiger partial charge in [0.1, 0.15) is 10.9 Å². The maximum atomic E-state index is 12.7. The summed E-state index contributed by atoms with van der Waals surface area (Å²) in [6, 6.07) is 9.92. The number of benzene rings is 2. The van der Waals surface area contributed by atoms with Crippen molar-refractivity contribution < 1.29 is 19.2 Å². The van der Waals surface area contributed by atoms with E-state index in [1.165, 1.54) is 23.9 Å². The second-order valence-corrected chi connectivity index (χ2v) is 10.3. The van der Waals surface area contributed by atoms with Crippen LogP contribution in [-0.2, 0) is 11.4 Å². The molecule has 1 fully saturated rings. The quantitative estimate of drug-likeness (QED) is 0.131. The molecule has 0 N–H and O–H groups in total. The summed E-state index contributed by atoms with van der Waals surface area (Å²) in [4.78, 5) is 25.3. The van der Waals surface area contributed by atoms with Gasteiger partial charge in [0.2, 0.25) is 0 Å². The van der Waals surface area contributed by atoms with Crippen molar-refractivity contribution >= 4 is 68.6 Å². The third kappa shape index (κ3) is 5.78. The summed E-state index contributed by atoms with van der Waals surface area (Å²) in [5.74, 6) is 1.34. The molecule has 32 heavy (non-hydrogen) atoms. The van der Waals surface area contributed by atoms with E-state index in [9.17, 15) is 14.9 Å². The maximum absolute atomic E-state index is 12.7. The molecular formula is C22H21IN2O5S2. The average Bonchev–Trinajstić information content (AvgIpc) is 2.99. The van der Waals surface area contributed by atoms with Crippen molar-refractivity contribution in [1.82, 2.24) is 4.90 Å². The second kappa shape index (κ2) is 10.6. The molecule has 1 aliphatic heterocycles. The van der Waals surface area contributed by atoms with Gasteiger partial charge in [-0.1, -0.05) is 37.8 Å². The molecule has 1 heterocycles. The number of carbonyl (C=O) groups excluding carboxylic acids is 1. The smallest absolute Gasteiger partial charge is 0.269 e. The van der Waals surface area contributed by atoms with Crippen molar-refractivity contribution in [3.05, 3.63) is 66.1 Å². The van der Waals surface area contributed by atoms with Crippen LogP contribution in [0, 0.1) is 19.6 Å². The molecule has 2 aromatic rings. The number of nitro benzene ring substituents is 1. The number of methoxy groups -OCH3 is 1. The Morgan fingerprint density at radius 2 is 1.97 bits per heavy atom. The monoisotopic (exact) mass is 584 g/mol. The SMILES string of the molecule is COc1cc(/C=C2\SC(=S)N(CC(C)C)C2=O)cc(I)c1OCc1ccc([N+](=O)[O-])cc1. The lowest BCUT2D eigenvalue weighted by atomic mass is 10.1. The molecule has 1 saturated heterocycles. The summed E-state index contributed by atoms with van der Waals surface area (Å²) in [7, 11) is 1.55.